The van der Waals surface area contributed by atoms with Gasteiger partial charge in [-0.05, 0) is 43.6 Å². The van der Waals surface area contributed by atoms with Gasteiger partial charge in [-0.3, -0.25) is 0 Å². The summed E-state index contributed by atoms with van der Waals surface area (Å²) >= 11 is 0. The summed E-state index contributed by atoms with van der Waals surface area (Å²) < 4.78 is 10.4. The van der Waals surface area contributed by atoms with Crippen LogP contribution in [0, 0.1) is 5.41 Å². The minimum Gasteiger partial charge on any atom is -0.463 e. The molecule has 5 nitrogen and oxygen atoms in total. The number of esters is 1. The number of likely N-dealkylation sites (tertiary alicyclic amines) is 1. The molecular weight excluding hydrogens is 318 g/mol. The van der Waals surface area contributed by atoms with E-state index in [1.807, 2.05) is 37.3 Å². The smallest absolute Gasteiger partial charge is 0.410 e. The van der Waals surface area contributed by atoms with E-state index in [1.54, 1.807) is 11.0 Å². The van der Waals surface area contributed by atoms with Gasteiger partial charge in [0, 0.05) is 19.2 Å². The van der Waals surface area contributed by atoms with Crippen LogP contribution in [0.3, 0.4) is 0 Å². The molecule has 1 saturated carbocycles. The van der Waals surface area contributed by atoms with Crippen LogP contribution >= 0.6 is 0 Å². The highest BCUT2D eigenvalue weighted by molar-refractivity contribution is 5.83. The third-order valence-electron chi connectivity index (χ3n) is 5.10. The zero-order chi connectivity index (χ0) is 17.7. The predicted octanol–water partition coefficient (Wildman–Crippen LogP) is 3.69. The topological polar surface area (TPSA) is 55.8 Å². The number of ether oxygens (including phenoxy) is 2. The van der Waals surface area contributed by atoms with Crippen LogP contribution in [0.2, 0.25) is 0 Å². The molecule has 1 saturated heterocycles. The number of carbonyl (C=O) groups excluding carboxylic acids is 2. The highest BCUT2D eigenvalue weighted by atomic mass is 16.6. The van der Waals surface area contributed by atoms with E-state index in [9.17, 15) is 9.59 Å². The van der Waals surface area contributed by atoms with Crippen molar-refractivity contribution in [2.75, 3.05) is 19.7 Å². The standard InChI is InChI=1S/C20H25NO4/c1-2-24-18(22)12-17-13-20(14-17)8-10-21(11-9-20)19(23)25-15-16-6-4-3-5-7-16/h3-7,12H,2,8-11,13-15H2,1H3. The summed E-state index contributed by atoms with van der Waals surface area (Å²) in [6.45, 7) is 3.98. The Morgan fingerprint density at radius 3 is 2.44 bits per heavy atom. The number of piperidine rings is 1. The summed E-state index contributed by atoms with van der Waals surface area (Å²) in [6, 6.07) is 9.71. The summed E-state index contributed by atoms with van der Waals surface area (Å²) in [5.41, 5.74) is 2.42. The molecule has 0 unspecified atom stereocenters. The third kappa shape index (κ3) is 4.41. The second kappa shape index (κ2) is 7.72. The van der Waals surface area contributed by atoms with Gasteiger partial charge >= 0.3 is 12.1 Å². The van der Waals surface area contributed by atoms with Crippen molar-refractivity contribution in [1.29, 1.82) is 0 Å². The van der Waals surface area contributed by atoms with Crippen LogP contribution < -0.4 is 0 Å². The van der Waals surface area contributed by atoms with Gasteiger partial charge in [0.1, 0.15) is 6.61 Å². The molecule has 1 heterocycles. The fraction of sp³-hybridized carbons (Fsp3) is 0.500. The Morgan fingerprint density at radius 2 is 1.80 bits per heavy atom. The van der Waals surface area contributed by atoms with Gasteiger partial charge in [-0.2, -0.15) is 0 Å². The van der Waals surface area contributed by atoms with Crippen LogP contribution in [0.1, 0.15) is 38.2 Å². The molecule has 5 heteroatoms. The minimum atomic E-state index is -0.241. The molecule has 0 atom stereocenters. The lowest BCUT2D eigenvalue weighted by molar-refractivity contribution is -0.137. The molecular formula is C20H25NO4. The second-order valence-corrected chi connectivity index (χ2v) is 6.94. The fourth-order valence-electron chi connectivity index (χ4n) is 3.69. The van der Waals surface area contributed by atoms with Crippen molar-refractivity contribution in [3.05, 3.63) is 47.5 Å². The van der Waals surface area contributed by atoms with Crippen LogP contribution in [0.5, 0.6) is 0 Å². The Bertz CT molecular complexity index is 635. The van der Waals surface area contributed by atoms with Crippen molar-refractivity contribution in [3.8, 4) is 0 Å². The zero-order valence-electron chi connectivity index (χ0n) is 14.7. The van der Waals surface area contributed by atoms with E-state index in [2.05, 4.69) is 0 Å². The van der Waals surface area contributed by atoms with Gasteiger partial charge in [0.2, 0.25) is 0 Å². The van der Waals surface area contributed by atoms with E-state index < -0.39 is 0 Å². The lowest BCUT2D eigenvalue weighted by Crippen LogP contribution is -2.46. The Labute approximate surface area is 148 Å². The Kier molecular flexibility index (Phi) is 5.41. The monoisotopic (exact) mass is 343 g/mol. The number of benzene rings is 1. The van der Waals surface area contributed by atoms with E-state index in [4.69, 9.17) is 9.47 Å². The van der Waals surface area contributed by atoms with E-state index in [0.717, 1.165) is 44.3 Å². The van der Waals surface area contributed by atoms with Gasteiger partial charge in [0.05, 0.1) is 6.61 Å². The Balaban J connectivity index is 1.42. The lowest BCUT2D eigenvalue weighted by Gasteiger charge is -2.49. The first-order valence-electron chi connectivity index (χ1n) is 8.92. The molecule has 0 N–H and O–H groups in total. The number of amides is 1. The third-order valence-corrected chi connectivity index (χ3v) is 5.10. The first kappa shape index (κ1) is 17.5. The molecule has 1 aromatic carbocycles. The number of allylic oxidation sites excluding steroid dienone is 1. The first-order valence-corrected chi connectivity index (χ1v) is 8.92. The molecule has 1 spiro atoms. The summed E-state index contributed by atoms with van der Waals surface area (Å²) in [6.07, 6.45) is 5.22. The van der Waals surface area contributed by atoms with Gasteiger partial charge < -0.3 is 14.4 Å². The number of carbonyl (C=O) groups is 2. The molecule has 0 aromatic heterocycles. The van der Waals surface area contributed by atoms with Gasteiger partial charge in [-0.25, -0.2) is 9.59 Å². The van der Waals surface area contributed by atoms with Gasteiger partial charge in [0.25, 0.3) is 0 Å². The number of hydrogen-bond acceptors (Lipinski definition) is 4. The van der Waals surface area contributed by atoms with E-state index in [0.29, 0.717) is 13.2 Å². The zero-order valence-corrected chi connectivity index (χ0v) is 14.7. The predicted molar refractivity (Wildman–Crippen MR) is 93.8 cm³/mol. The molecule has 2 fully saturated rings. The van der Waals surface area contributed by atoms with Crippen molar-refractivity contribution in [2.45, 2.75) is 39.2 Å². The molecule has 3 rings (SSSR count). The average molecular weight is 343 g/mol. The molecule has 1 aliphatic heterocycles. The highest BCUT2D eigenvalue weighted by Gasteiger charge is 2.43. The molecule has 134 valence electrons. The van der Waals surface area contributed by atoms with Gasteiger partial charge in [-0.15, -0.1) is 0 Å². The van der Waals surface area contributed by atoms with Gasteiger partial charge in [-0.1, -0.05) is 35.9 Å². The van der Waals surface area contributed by atoms with Crippen LogP contribution in [-0.2, 0) is 20.9 Å². The van der Waals surface area contributed by atoms with E-state index in [-0.39, 0.29) is 17.5 Å². The quantitative estimate of drug-likeness (QED) is 0.618. The molecule has 2 aliphatic rings. The van der Waals surface area contributed by atoms with Crippen molar-refractivity contribution in [1.82, 2.24) is 4.90 Å². The second-order valence-electron chi connectivity index (χ2n) is 6.94. The largest absolute Gasteiger partial charge is 0.463 e. The molecule has 1 amide bonds. The normalized spacial score (nSPS) is 18.4. The molecule has 1 aliphatic carbocycles. The highest BCUT2D eigenvalue weighted by Crippen LogP contribution is 2.52. The van der Waals surface area contributed by atoms with E-state index >= 15 is 0 Å². The van der Waals surface area contributed by atoms with Crippen molar-refractivity contribution in [2.24, 2.45) is 5.41 Å². The van der Waals surface area contributed by atoms with Crippen LogP contribution in [0.15, 0.2) is 42.0 Å². The molecule has 1 aromatic rings. The maximum Gasteiger partial charge on any atom is 0.410 e. The Hall–Kier alpha value is -2.30. The summed E-state index contributed by atoms with van der Waals surface area (Å²) in [5.74, 6) is -0.241. The minimum absolute atomic E-state index is 0.236. The summed E-state index contributed by atoms with van der Waals surface area (Å²) in [5, 5.41) is 0. The molecule has 25 heavy (non-hydrogen) atoms. The van der Waals surface area contributed by atoms with Crippen molar-refractivity contribution < 1.29 is 19.1 Å². The van der Waals surface area contributed by atoms with Crippen LogP contribution in [0.4, 0.5) is 4.79 Å². The maximum absolute atomic E-state index is 12.2. The Morgan fingerprint density at radius 1 is 1.12 bits per heavy atom. The summed E-state index contributed by atoms with van der Waals surface area (Å²) in [7, 11) is 0. The number of rotatable bonds is 4. The van der Waals surface area contributed by atoms with Crippen LogP contribution in [-0.4, -0.2) is 36.7 Å². The lowest BCUT2D eigenvalue weighted by atomic mass is 9.60. The van der Waals surface area contributed by atoms with Crippen LogP contribution in [0.25, 0.3) is 0 Å². The van der Waals surface area contributed by atoms with Crippen molar-refractivity contribution >= 4 is 12.1 Å². The first-order chi connectivity index (χ1) is 12.1. The fourth-order valence-corrected chi connectivity index (χ4v) is 3.69. The van der Waals surface area contributed by atoms with Crippen molar-refractivity contribution in [3.63, 3.8) is 0 Å². The molecule has 0 bridgehead atoms. The average Bonchev–Trinajstić information content (AvgIpc) is 2.60. The number of hydrogen-bond donors (Lipinski definition) is 0. The molecule has 0 radical (unpaired) electrons. The summed E-state index contributed by atoms with van der Waals surface area (Å²) in [4.78, 5) is 25.5. The SMILES string of the molecule is CCOC(=O)C=C1CC2(CCN(C(=O)OCc3ccccc3)CC2)C1. The number of nitrogens with zero attached hydrogens (tertiary/aromatic N) is 1. The van der Waals surface area contributed by atoms with E-state index in [1.165, 1.54) is 5.57 Å². The maximum atomic E-state index is 12.2. The van der Waals surface area contributed by atoms with Gasteiger partial charge in [0.15, 0.2) is 0 Å².